The van der Waals surface area contributed by atoms with Gasteiger partial charge in [-0.15, -0.1) is 0 Å². The van der Waals surface area contributed by atoms with Gasteiger partial charge in [-0.2, -0.15) is 0 Å². The third-order valence-electron chi connectivity index (χ3n) is 4.56. The monoisotopic (exact) mass is 339 g/mol. The lowest BCUT2D eigenvalue weighted by molar-refractivity contribution is 0.282. The average Bonchev–Trinajstić information content (AvgIpc) is 2.66. The van der Waals surface area contributed by atoms with E-state index >= 15 is 0 Å². The molecule has 134 valence electrons. The van der Waals surface area contributed by atoms with Gasteiger partial charge in [-0.3, -0.25) is 5.41 Å². The summed E-state index contributed by atoms with van der Waals surface area (Å²) in [4.78, 5) is 3.86. The number of para-hydroxylation sites is 2. The summed E-state index contributed by atoms with van der Waals surface area (Å²) in [5.74, 6) is 1.79. The highest BCUT2D eigenvalue weighted by Crippen LogP contribution is 2.29. The summed E-state index contributed by atoms with van der Waals surface area (Å²) in [6.07, 6.45) is 1.08. The normalized spacial score (nSPS) is 11.7. The fourth-order valence-electron chi connectivity index (χ4n) is 2.72. The van der Waals surface area contributed by atoms with Crippen molar-refractivity contribution in [1.29, 1.82) is 5.41 Å². The highest BCUT2D eigenvalue weighted by atomic mass is 16.5. The number of rotatable bonds is 7. The zero-order chi connectivity index (χ0) is 18.2. The van der Waals surface area contributed by atoms with Gasteiger partial charge >= 0.3 is 0 Å². The van der Waals surface area contributed by atoms with Crippen LogP contribution in [0.15, 0.2) is 54.6 Å². The highest BCUT2D eigenvalue weighted by molar-refractivity contribution is 5.94. The summed E-state index contributed by atoms with van der Waals surface area (Å²) in [5, 5.41) is 8.51. The molecule has 0 aromatic heterocycles. The van der Waals surface area contributed by atoms with E-state index in [1.807, 2.05) is 60.3 Å². The second-order valence-electron chi connectivity index (χ2n) is 6.33. The minimum absolute atomic E-state index is 0.465. The molecular formula is C21H29N3O. The first-order valence-electron chi connectivity index (χ1n) is 8.84. The fourth-order valence-corrected chi connectivity index (χ4v) is 2.72. The smallest absolute Gasteiger partial charge is 0.197 e. The van der Waals surface area contributed by atoms with Gasteiger partial charge in [0.2, 0.25) is 0 Å². The third-order valence-corrected chi connectivity index (χ3v) is 4.56. The number of likely N-dealkylation sites (N-methyl/N-ethyl adjacent to an activating group) is 1. The van der Waals surface area contributed by atoms with Crippen LogP contribution < -0.4 is 9.64 Å². The Kier molecular flexibility index (Phi) is 6.87. The van der Waals surface area contributed by atoms with Crippen LogP contribution in [-0.4, -0.2) is 38.1 Å². The van der Waals surface area contributed by atoms with E-state index in [9.17, 15) is 0 Å². The van der Waals surface area contributed by atoms with Gasteiger partial charge in [-0.25, -0.2) is 0 Å². The van der Waals surface area contributed by atoms with Gasteiger partial charge in [0.1, 0.15) is 12.4 Å². The standard InChI is InChI=1S/C21H29N3O/c1-5-17(2)19-13-9-10-14-20(19)24(4)21(22)23(3)15-16-25-18-11-7-6-8-12-18/h6-14,17,22H,5,15-16H2,1-4H3. The molecule has 25 heavy (non-hydrogen) atoms. The molecule has 0 aliphatic rings. The van der Waals surface area contributed by atoms with Crippen molar-refractivity contribution in [3.63, 3.8) is 0 Å². The first kappa shape index (κ1) is 18.8. The number of benzene rings is 2. The molecule has 1 atom stereocenters. The molecule has 0 aliphatic carbocycles. The van der Waals surface area contributed by atoms with Crippen molar-refractivity contribution in [2.75, 3.05) is 32.1 Å². The minimum Gasteiger partial charge on any atom is -0.492 e. The molecule has 2 rings (SSSR count). The Balaban J connectivity index is 1.97. The maximum Gasteiger partial charge on any atom is 0.197 e. The van der Waals surface area contributed by atoms with Crippen molar-refractivity contribution in [3.8, 4) is 5.75 Å². The summed E-state index contributed by atoms with van der Waals surface area (Å²) >= 11 is 0. The number of ether oxygens (including phenoxy) is 1. The largest absolute Gasteiger partial charge is 0.492 e. The van der Waals surface area contributed by atoms with Crippen LogP contribution in [0, 0.1) is 5.41 Å². The van der Waals surface area contributed by atoms with Crippen LogP contribution in [0.4, 0.5) is 5.69 Å². The summed E-state index contributed by atoms with van der Waals surface area (Å²) < 4.78 is 5.73. The number of nitrogens with one attached hydrogen (secondary N) is 1. The molecule has 4 heteroatoms. The lowest BCUT2D eigenvalue weighted by Gasteiger charge is -2.30. The van der Waals surface area contributed by atoms with Gasteiger partial charge in [0.25, 0.3) is 0 Å². The van der Waals surface area contributed by atoms with Crippen molar-refractivity contribution in [2.24, 2.45) is 0 Å². The van der Waals surface area contributed by atoms with Crippen LogP contribution >= 0.6 is 0 Å². The number of hydrogen-bond acceptors (Lipinski definition) is 2. The fraction of sp³-hybridized carbons (Fsp3) is 0.381. The predicted octanol–water partition coefficient (Wildman–Crippen LogP) is 4.58. The predicted molar refractivity (Wildman–Crippen MR) is 106 cm³/mol. The second-order valence-corrected chi connectivity index (χ2v) is 6.33. The van der Waals surface area contributed by atoms with Crippen molar-refractivity contribution in [2.45, 2.75) is 26.2 Å². The SMILES string of the molecule is CCC(C)c1ccccc1N(C)C(=N)N(C)CCOc1ccccc1. The summed E-state index contributed by atoms with van der Waals surface area (Å²) in [6.45, 7) is 5.63. The Morgan fingerprint density at radius 3 is 2.36 bits per heavy atom. The first-order valence-corrected chi connectivity index (χ1v) is 8.84. The van der Waals surface area contributed by atoms with E-state index in [1.165, 1.54) is 5.56 Å². The van der Waals surface area contributed by atoms with Crippen molar-refractivity contribution >= 4 is 11.6 Å². The summed E-state index contributed by atoms with van der Waals surface area (Å²) in [5.41, 5.74) is 2.38. The summed E-state index contributed by atoms with van der Waals surface area (Å²) in [7, 11) is 3.89. The van der Waals surface area contributed by atoms with Crippen LogP contribution in [0.3, 0.4) is 0 Å². The first-order chi connectivity index (χ1) is 12.0. The molecule has 0 heterocycles. The molecule has 1 N–H and O–H groups in total. The lowest BCUT2D eigenvalue weighted by Crippen LogP contribution is -2.41. The molecule has 0 saturated heterocycles. The Morgan fingerprint density at radius 1 is 1.04 bits per heavy atom. The molecule has 0 spiro atoms. The molecular weight excluding hydrogens is 310 g/mol. The van der Waals surface area contributed by atoms with Crippen molar-refractivity contribution in [3.05, 3.63) is 60.2 Å². The van der Waals surface area contributed by atoms with E-state index in [-0.39, 0.29) is 0 Å². The molecule has 0 aliphatic heterocycles. The molecule has 0 saturated carbocycles. The topological polar surface area (TPSA) is 39.6 Å². The number of nitrogens with zero attached hydrogens (tertiary/aromatic N) is 2. The number of anilines is 1. The van der Waals surface area contributed by atoms with Crippen LogP contribution in [0.2, 0.25) is 0 Å². The Labute approximate surface area is 151 Å². The average molecular weight is 339 g/mol. The maximum absolute atomic E-state index is 8.51. The van der Waals surface area contributed by atoms with Gasteiger partial charge in [-0.05, 0) is 36.1 Å². The van der Waals surface area contributed by atoms with Gasteiger partial charge in [0.05, 0.1) is 6.54 Å². The van der Waals surface area contributed by atoms with E-state index in [0.29, 0.717) is 25.0 Å². The van der Waals surface area contributed by atoms with Crippen LogP contribution in [0.5, 0.6) is 5.75 Å². The molecule has 4 nitrogen and oxygen atoms in total. The van der Waals surface area contributed by atoms with Crippen molar-refractivity contribution < 1.29 is 4.74 Å². The van der Waals surface area contributed by atoms with E-state index in [1.54, 1.807) is 0 Å². The Bertz CT molecular complexity index is 672. The molecule has 0 amide bonds. The number of hydrogen-bond donors (Lipinski definition) is 1. The van der Waals surface area contributed by atoms with Crippen LogP contribution in [-0.2, 0) is 0 Å². The molecule has 0 radical (unpaired) electrons. The van der Waals surface area contributed by atoms with Gasteiger partial charge in [0.15, 0.2) is 5.96 Å². The van der Waals surface area contributed by atoms with E-state index < -0.39 is 0 Å². The van der Waals surface area contributed by atoms with E-state index in [2.05, 4.69) is 32.0 Å². The van der Waals surface area contributed by atoms with Gasteiger partial charge in [0, 0.05) is 19.8 Å². The minimum atomic E-state index is 0.465. The second kappa shape index (κ2) is 9.11. The molecule has 1 unspecified atom stereocenters. The van der Waals surface area contributed by atoms with E-state index in [0.717, 1.165) is 17.9 Å². The van der Waals surface area contributed by atoms with Gasteiger partial charge in [-0.1, -0.05) is 50.2 Å². The third kappa shape index (κ3) is 4.99. The zero-order valence-electron chi connectivity index (χ0n) is 15.7. The van der Waals surface area contributed by atoms with E-state index in [4.69, 9.17) is 10.1 Å². The molecule has 2 aromatic rings. The molecule has 0 bridgehead atoms. The maximum atomic E-state index is 8.51. The highest BCUT2D eigenvalue weighted by Gasteiger charge is 2.17. The van der Waals surface area contributed by atoms with Gasteiger partial charge < -0.3 is 14.5 Å². The lowest BCUT2D eigenvalue weighted by atomic mass is 9.96. The summed E-state index contributed by atoms with van der Waals surface area (Å²) in [6, 6.07) is 18.1. The van der Waals surface area contributed by atoms with Crippen molar-refractivity contribution in [1.82, 2.24) is 4.90 Å². The molecule has 2 aromatic carbocycles. The van der Waals surface area contributed by atoms with Crippen LogP contribution in [0.25, 0.3) is 0 Å². The number of guanidine groups is 1. The molecule has 0 fully saturated rings. The van der Waals surface area contributed by atoms with Crippen LogP contribution in [0.1, 0.15) is 31.7 Å². The quantitative estimate of drug-likeness (QED) is 0.593. The zero-order valence-corrected chi connectivity index (χ0v) is 15.7. The Morgan fingerprint density at radius 2 is 1.68 bits per heavy atom. The Hall–Kier alpha value is -2.49.